The lowest BCUT2D eigenvalue weighted by atomic mass is 10.2. The van der Waals surface area contributed by atoms with Crippen LogP contribution in [0.5, 0.6) is 0 Å². The Labute approximate surface area is 103 Å². The van der Waals surface area contributed by atoms with E-state index in [1.165, 1.54) is 0 Å². The monoisotopic (exact) mass is 232 g/mol. The molecule has 3 nitrogen and oxygen atoms in total. The van der Waals surface area contributed by atoms with Crippen LogP contribution in [0, 0.1) is 5.92 Å². The Hall–Kier alpha value is -0.120. The van der Waals surface area contributed by atoms with Crippen molar-refractivity contribution in [3.63, 3.8) is 0 Å². The quantitative estimate of drug-likeness (QED) is 0.617. The van der Waals surface area contributed by atoms with Crippen LogP contribution >= 0.6 is 0 Å². The normalized spacial score (nSPS) is 10.5. The van der Waals surface area contributed by atoms with Crippen molar-refractivity contribution in [2.45, 2.75) is 34.6 Å². The highest BCUT2D eigenvalue weighted by Gasteiger charge is 2.00. The highest BCUT2D eigenvalue weighted by molar-refractivity contribution is 4.53. The van der Waals surface area contributed by atoms with E-state index in [2.05, 4.69) is 38.0 Å². The van der Waals surface area contributed by atoms with Gasteiger partial charge in [-0.05, 0) is 19.5 Å². The largest absolute Gasteiger partial charge is 0.379 e. The second kappa shape index (κ2) is 14.9. The Bertz CT molecular complexity index is 119. The molecule has 0 heterocycles. The lowest BCUT2D eigenvalue weighted by Gasteiger charge is -2.18. The Morgan fingerprint density at radius 2 is 1.81 bits per heavy atom. The van der Waals surface area contributed by atoms with Crippen LogP contribution in [0.1, 0.15) is 34.6 Å². The van der Waals surface area contributed by atoms with E-state index in [1.54, 1.807) is 0 Å². The van der Waals surface area contributed by atoms with Crippen molar-refractivity contribution in [1.29, 1.82) is 0 Å². The summed E-state index contributed by atoms with van der Waals surface area (Å²) < 4.78 is 5.48. The summed E-state index contributed by atoms with van der Waals surface area (Å²) in [6.07, 6.45) is 0. The molecule has 0 saturated carbocycles. The molecule has 1 N–H and O–H groups in total. The van der Waals surface area contributed by atoms with Gasteiger partial charge in [0.1, 0.15) is 0 Å². The second-order valence-electron chi connectivity index (χ2n) is 4.12. The maximum absolute atomic E-state index is 5.48. The molecule has 0 radical (unpaired) electrons. The van der Waals surface area contributed by atoms with Crippen LogP contribution in [-0.4, -0.2) is 51.3 Å². The zero-order valence-electron chi connectivity index (χ0n) is 12.2. The van der Waals surface area contributed by atoms with Crippen LogP contribution in [0.15, 0.2) is 0 Å². The van der Waals surface area contributed by atoms with E-state index in [4.69, 9.17) is 4.74 Å². The molecule has 3 heteroatoms. The lowest BCUT2D eigenvalue weighted by molar-refractivity contribution is 0.110. The minimum Gasteiger partial charge on any atom is -0.379 e. The maximum atomic E-state index is 5.48. The van der Waals surface area contributed by atoms with Crippen LogP contribution in [0.25, 0.3) is 0 Å². The summed E-state index contributed by atoms with van der Waals surface area (Å²) in [5.41, 5.74) is 0. The van der Waals surface area contributed by atoms with Gasteiger partial charge in [0.25, 0.3) is 0 Å². The van der Waals surface area contributed by atoms with Crippen LogP contribution in [0.2, 0.25) is 0 Å². The molecule has 0 amide bonds. The molecule has 0 aromatic heterocycles. The van der Waals surface area contributed by atoms with E-state index in [0.29, 0.717) is 0 Å². The summed E-state index contributed by atoms with van der Waals surface area (Å²) in [6, 6.07) is 0. The number of hydrogen-bond acceptors (Lipinski definition) is 3. The van der Waals surface area contributed by atoms with Crippen molar-refractivity contribution < 1.29 is 4.74 Å². The predicted molar refractivity (Wildman–Crippen MR) is 73.0 cm³/mol. The number of likely N-dealkylation sites (N-methyl/N-ethyl adjacent to an activating group) is 2. The average Bonchev–Trinajstić information content (AvgIpc) is 2.25. The van der Waals surface area contributed by atoms with E-state index in [-0.39, 0.29) is 0 Å². The third-order valence-electron chi connectivity index (χ3n) is 1.97. The molecule has 0 saturated heterocycles. The fraction of sp³-hybridized carbons (Fsp3) is 1.00. The molecule has 0 aromatic rings. The standard InChI is InChI=1S/C11H26N2O.C2H6/c1-5-12-6-8-14-9-7-13(4)10-11(2)3;1-2/h11-12H,5-10H2,1-4H3;1-2H3. The lowest BCUT2D eigenvalue weighted by Crippen LogP contribution is -2.28. The molecule has 0 spiro atoms. The minimum absolute atomic E-state index is 0.738. The first kappa shape index (κ1) is 18.3. The van der Waals surface area contributed by atoms with E-state index < -0.39 is 0 Å². The van der Waals surface area contributed by atoms with Gasteiger partial charge in [-0.15, -0.1) is 0 Å². The third-order valence-corrected chi connectivity index (χ3v) is 1.97. The molecule has 0 aliphatic rings. The number of rotatable bonds is 9. The highest BCUT2D eigenvalue weighted by Crippen LogP contribution is 1.94. The molecule has 0 unspecified atom stereocenters. The van der Waals surface area contributed by atoms with E-state index in [9.17, 15) is 0 Å². The van der Waals surface area contributed by atoms with Crippen molar-refractivity contribution in [1.82, 2.24) is 10.2 Å². The molecule has 0 aliphatic carbocycles. The van der Waals surface area contributed by atoms with Gasteiger partial charge in [-0.3, -0.25) is 0 Å². The van der Waals surface area contributed by atoms with Crippen LogP contribution in [0.3, 0.4) is 0 Å². The summed E-state index contributed by atoms with van der Waals surface area (Å²) in [5.74, 6) is 0.738. The number of ether oxygens (including phenoxy) is 1. The fourth-order valence-corrected chi connectivity index (χ4v) is 1.36. The summed E-state index contributed by atoms with van der Waals surface area (Å²) >= 11 is 0. The molecule has 0 aliphatic heterocycles. The van der Waals surface area contributed by atoms with Crippen molar-refractivity contribution in [3.05, 3.63) is 0 Å². The Kier molecular flexibility index (Phi) is 17.0. The van der Waals surface area contributed by atoms with Crippen molar-refractivity contribution in [2.75, 3.05) is 46.4 Å². The molecule has 16 heavy (non-hydrogen) atoms. The van der Waals surface area contributed by atoms with Gasteiger partial charge in [0.15, 0.2) is 0 Å². The van der Waals surface area contributed by atoms with Crippen LogP contribution in [0.4, 0.5) is 0 Å². The fourth-order valence-electron chi connectivity index (χ4n) is 1.36. The summed E-state index contributed by atoms with van der Waals surface area (Å²) in [5, 5.41) is 3.23. The van der Waals surface area contributed by atoms with E-state index >= 15 is 0 Å². The van der Waals surface area contributed by atoms with E-state index in [1.807, 2.05) is 13.8 Å². The smallest absolute Gasteiger partial charge is 0.0593 e. The first-order valence-corrected chi connectivity index (χ1v) is 6.63. The van der Waals surface area contributed by atoms with Crippen LogP contribution < -0.4 is 5.32 Å². The second-order valence-corrected chi connectivity index (χ2v) is 4.12. The van der Waals surface area contributed by atoms with Gasteiger partial charge in [0, 0.05) is 19.6 Å². The molecule has 0 fully saturated rings. The topological polar surface area (TPSA) is 24.5 Å². The molecule has 0 rings (SSSR count). The summed E-state index contributed by atoms with van der Waals surface area (Å²) in [7, 11) is 2.15. The molecular formula is C13H32N2O. The Morgan fingerprint density at radius 3 is 2.31 bits per heavy atom. The molecule has 100 valence electrons. The Balaban J connectivity index is 0. The van der Waals surface area contributed by atoms with Crippen molar-refractivity contribution in [2.24, 2.45) is 5.92 Å². The maximum Gasteiger partial charge on any atom is 0.0593 e. The third kappa shape index (κ3) is 16.3. The van der Waals surface area contributed by atoms with Gasteiger partial charge < -0.3 is 15.0 Å². The SMILES string of the molecule is CC.CCNCCOCCN(C)CC(C)C. The van der Waals surface area contributed by atoms with Gasteiger partial charge in [0.2, 0.25) is 0 Å². The van der Waals surface area contributed by atoms with Crippen molar-refractivity contribution in [3.8, 4) is 0 Å². The van der Waals surface area contributed by atoms with Gasteiger partial charge >= 0.3 is 0 Å². The number of hydrogen-bond donors (Lipinski definition) is 1. The predicted octanol–water partition coefficient (Wildman–Crippen LogP) is 2.23. The number of nitrogens with zero attached hydrogens (tertiary/aromatic N) is 1. The Morgan fingerprint density at radius 1 is 1.19 bits per heavy atom. The van der Waals surface area contributed by atoms with Gasteiger partial charge in [-0.25, -0.2) is 0 Å². The zero-order valence-corrected chi connectivity index (χ0v) is 12.2. The van der Waals surface area contributed by atoms with Crippen molar-refractivity contribution >= 4 is 0 Å². The summed E-state index contributed by atoms with van der Waals surface area (Å²) in [6.45, 7) is 16.4. The molecular weight excluding hydrogens is 200 g/mol. The summed E-state index contributed by atoms with van der Waals surface area (Å²) in [4.78, 5) is 2.32. The van der Waals surface area contributed by atoms with E-state index in [0.717, 1.165) is 45.3 Å². The highest BCUT2D eigenvalue weighted by atomic mass is 16.5. The minimum atomic E-state index is 0.738. The molecule has 0 aromatic carbocycles. The first-order valence-electron chi connectivity index (χ1n) is 6.63. The number of nitrogens with one attached hydrogen (secondary N) is 1. The van der Waals surface area contributed by atoms with Gasteiger partial charge in [-0.2, -0.15) is 0 Å². The van der Waals surface area contributed by atoms with Gasteiger partial charge in [-0.1, -0.05) is 34.6 Å². The zero-order chi connectivity index (χ0) is 12.8. The molecule has 0 bridgehead atoms. The van der Waals surface area contributed by atoms with Gasteiger partial charge in [0.05, 0.1) is 13.2 Å². The first-order chi connectivity index (χ1) is 7.66. The van der Waals surface area contributed by atoms with Crippen LogP contribution in [-0.2, 0) is 4.74 Å². The molecule has 0 atom stereocenters. The average molecular weight is 232 g/mol.